The number of alkyl halides is 3. The number of methoxy groups -OCH3 is 2. The summed E-state index contributed by atoms with van der Waals surface area (Å²) in [6.07, 6.45) is 0. The Kier molecular flexibility index (Phi) is 7.46. The smallest absolute Gasteiger partial charge is 0.497 e. The molecule has 11 heteroatoms. The molecule has 0 atom stereocenters. The van der Waals surface area contributed by atoms with Crippen LogP contribution in [-0.2, 0) is 10.1 Å². The second-order valence-corrected chi connectivity index (χ2v) is 10.3. The minimum absolute atomic E-state index is 0.0405. The van der Waals surface area contributed by atoms with Gasteiger partial charge in [-0.1, -0.05) is 30.3 Å². The Labute approximate surface area is 234 Å². The van der Waals surface area contributed by atoms with Gasteiger partial charge in [0.2, 0.25) is 0 Å². The number of halogens is 3. The number of aromatic nitrogens is 2. The molecule has 0 aliphatic carbocycles. The summed E-state index contributed by atoms with van der Waals surface area (Å²) in [6.45, 7) is 0. The highest BCUT2D eigenvalue weighted by Crippen LogP contribution is 2.42. The molecular formula is C30H23F3N2O5S. The molecule has 0 aliphatic rings. The van der Waals surface area contributed by atoms with Crippen molar-refractivity contribution in [3.05, 3.63) is 103 Å². The van der Waals surface area contributed by atoms with Crippen molar-refractivity contribution >= 4 is 10.1 Å². The summed E-state index contributed by atoms with van der Waals surface area (Å²) in [5, 5.41) is 0. The van der Waals surface area contributed by atoms with Gasteiger partial charge in [-0.05, 0) is 72.8 Å². The predicted octanol–water partition coefficient (Wildman–Crippen LogP) is 7.12. The maximum Gasteiger partial charge on any atom is 0.534 e. The van der Waals surface area contributed by atoms with Crippen molar-refractivity contribution in [2.75, 3.05) is 14.2 Å². The SMILES string of the molecule is COc1ccc(-c2nc(-c3ccccc3OS(=O)(=O)C(F)(F)F)n(-c3ccccc3)c2-c2ccc(OC)cc2)cc1. The molecule has 41 heavy (non-hydrogen) atoms. The first kappa shape index (κ1) is 27.8. The van der Waals surface area contributed by atoms with Crippen LogP contribution in [0.5, 0.6) is 17.2 Å². The van der Waals surface area contributed by atoms with E-state index in [2.05, 4.69) is 4.18 Å². The van der Waals surface area contributed by atoms with Crippen LogP contribution < -0.4 is 13.7 Å². The van der Waals surface area contributed by atoms with E-state index >= 15 is 0 Å². The molecule has 0 saturated heterocycles. The zero-order valence-corrected chi connectivity index (χ0v) is 22.6. The molecule has 210 valence electrons. The Morgan fingerprint density at radius 2 is 1.24 bits per heavy atom. The van der Waals surface area contributed by atoms with Crippen LogP contribution >= 0.6 is 0 Å². The molecule has 0 unspecified atom stereocenters. The van der Waals surface area contributed by atoms with Crippen LogP contribution in [0.4, 0.5) is 13.2 Å². The van der Waals surface area contributed by atoms with Crippen LogP contribution in [0.1, 0.15) is 0 Å². The average molecular weight is 581 g/mol. The summed E-state index contributed by atoms with van der Waals surface area (Å²) in [7, 11) is -2.85. The van der Waals surface area contributed by atoms with Gasteiger partial charge in [-0.2, -0.15) is 21.6 Å². The molecule has 0 N–H and O–H groups in total. The second kappa shape index (κ2) is 11.0. The van der Waals surface area contributed by atoms with E-state index in [9.17, 15) is 21.6 Å². The normalized spacial score (nSPS) is 11.7. The Morgan fingerprint density at radius 1 is 0.707 bits per heavy atom. The third-order valence-corrected chi connectivity index (χ3v) is 7.20. The molecule has 4 aromatic carbocycles. The zero-order chi connectivity index (χ0) is 29.2. The van der Waals surface area contributed by atoms with E-state index in [0.717, 1.165) is 11.6 Å². The van der Waals surface area contributed by atoms with Crippen LogP contribution in [0.3, 0.4) is 0 Å². The topological polar surface area (TPSA) is 79.7 Å². The molecule has 0 amide bonds. The standard InChI is InChI=1S/C30H23F3N2O5S/c1-38-23-16-12-20(13-17-23)27-28(21-14-18-24(39-2)19-15-21)35(22-8-4-3-5-9-22)29(34-27)25-10-6-7-11-26(25)40-41(36,37)30(31,32)33/h3-19H,1-2H3. The number of benzene rings is 4. The van der Waals surface area contributed by atoms with Crippen LogP contribution in [0.15, 0.2) is 103 Å². The summed E-state index contributed by atoms with van der Waals surface area (Å²) in [4.78, 5) is 4.89. The number of nitrogens with zero attached hydrogens (tertiary/aromatic N) is 2. The Hall–Kier alpha value is -4.77. The van der Waals surface area contributed by atoms with Crippen molar-refractivity contribution in [2.45, 2.75) is 5.51 Å². The third kappa shape index (κ3) is 5.48. The van der Waals surface area contributed by atoms with Crippen LogP contribution in [0.25, 0.3) is 39.6 Å². The van der Waals surface area contributed by atoms with Gasteiger partial charge in [0.05, 0.1) is 31.2 Å². The minimum atomic E-state index is -5.95. The van der Waals surface area contributed by atoms with Gasteiger partial charge < -0.3 is 13.7 Å². The highest BCUT2D eigenvalue weighted by atomic mass is 32.2. The Balaban J connectivity index is 1.84. The number of rotatable bonds is 8. The maximum atomic E-state index is 13.3. The molecule has 0 bridgehead atoms. The zero-order valence-electron chi connectivity index (χ0n) is 21.8. The van der Waals surface area contributed by atoms with E-state index in [1.54, 1.807) is 61.3 Å². The molecular weight excluding hydrogens is 557 g/mol. The van der Waals surface area contributed by atoms with E-state index in [-0.39, 0.29) is 11.4 Å². The summed E-state index contributed by atoms with van der Waals surface area (Å²) >= 11 is 0. The van der Waals surface area contributed by atoms with Crippen LogP contribution in [0.2, 0.25) is 0 Å². The largest absolute Gasteiger partial charge is 0.534 e. The van der Waals surface area contributed by atoms with Gasteiger partial charge in [0.25, 0.3) is 0 Å². The first-order valence-corrected chi connectivity index (χ1v) is 13.6. The van der Waals surface area contributed by atoms with Gasteiger partial charge in [-0.3, -0.25) is 4.57 Å². The van der Waals surface area contributed by atoms with Crippen molar-refractivity contribution < 1.29 is 35.2 Å². The highest BCUT2D eigenvalue weighted by molar-refractivity contribution is 7.88. The summed E-state index contributed by atoms with van der Waals surface area (Å²) < 4.78 is 80.8. The lowest BCUT2D eigenvalue weighted by molar-refractivity contribution is -0.0499. The fourth-order valence-electron chi connectivity index (χ4n) is 4.28. The molecule has 0 spiro atoms. The monoisotopic (exact) mass is 580 g/mol. The molecule has 0 saturated carbocycles. The number of ether oxygens (including phenoxy) is 2. The van der Waals surface area contributed by atoms with E-state index in [4.69, 9.17) is 14.5 Å². The van der Waals surface area contributed by atoms with Gasteiger partial charge in [0, 0.05) is 16.8 Å². The molecule has 0 fully saturated rings. The van der Waals surface area contributed by atoms with Crippen LogP contribution in [0, 0.1) is 0 Å². The number of imidazole rings is 1. The Bertz CT molecular complexity index is 1770. The quantitative estimate of drug-likeness (QED) is 0.144. The highest BCUT2D eigenvalue weighted by Gasteiger charge is 2.49. The fraction of sp³-hybridized carbons (Fsp3) is 0.100. The van der Waals surface area contributed by atoms with Gasteiger partial charge >= 0.3 is 15.6 Å². The minimum Gasteiger partial charge on any atom is -0.497 e. The summed E-state index contributed by atoms with van der Waals surface area (Å²) in [5.41, 5.74) is -2.43. The molecule has 0 radical (unpaired) electrons. The molecule has 7 nitrogen and oxygen atoms in total. The molecule has 0 aliphatic heterocycles. The third-order valence-electron chi connectivity index (χ3n) is 6.23. The lowest BCUT2D eigenvalue weighted by atomic mass is 10.0. The fourth-order valence-corrected chi connectivity index (χ4v) is 4.76. The second-order valence-electron chi connectivity index (χ2n) is 8.74. The van der Waals surface area contributed by atoms with Gasteiger partial charge in [0.1, 0.15) is 17.3 Å². The van der Waals surface area contributed by atoms with E-state index in [1.165, 1.54) is 12.1 Å². The molecule has 5 rings (SSSR count). The average Bonchev–Trinajstić information content (AvgIpc) is 3.37. The number of hydrogen-bond donors (Lipinski definition) is 0. The first-order valence-electron chi connectivity index (χ1n) is 12.2. The summed E-state index contributed by atoms with van der Waals surface area (Å²) in [6, 6.07) is 29.0. The van der Waals surface area contributed by atoms with Gasteiger partial charge in [0.15, 0.2) is 5.75 Å². The van der Waals surface area contributed by atoms with E-state index in [0.29, 0.717) is 34.1 Å². The van der Waals surface area contributed by atoms with E-state index < -0.39 is 21.4 Å². The number of para-hydroxylation sites is 2. The van der Waals surface area contributed by atoms with Crippen molar-refractivity contribution in [3.63, 3.8) is 0 Å². The molecule has 1 aromatic heterocycles. The summed E-state index contributed by atoms with van der Waals surface area (Å²) in [5.74, 6) is 0.899. The first-order chi connectivity index (χ1) is 19.6. The van der Waals surface area contributed by atoms with Crippen LogP contribution in [-0.4, -0.2) is 37.7 Å². The molecule has 1 heterocycles. The maximum absolute atomic E-state index is 13.3. The van der Waals surface area contributed by atoms with Gasteiger partial charge in [-0.25, -0.2) is 4.98 Å². The lowest BCUT2D eigenvalue weighted by Crippen LogP contribution is -2.28. The van der Waals surface area contributed by atoms with Crippen molar-refractivity contribution in [1.29, 1.82) is 0 Å². The van der Waals surface area contributed by atoms with Crippen molar-refractivity contribution in [3.8, 4) is 56.8 Å². The van der Waals surface area contributed by atoms with E-state index in [1.807, 2.05) is 42.5 Å². The Morgan fingerprint density at radius 3 is 1.80 bits per heavy atom. The predicted molar refractivity (Wildman–Crippen MR) is 149 cm³/mol. The van der Waals surface area contributed by atoms with Crippen molar-refractivity contribution in [2.24, 2.45) is 0 Å². The lowest BCUT2D eigenvalue weighted by Gasteiger charge is -2.16. The molecule has 5 aromatic rings. The van der Waals surface area contributed by atoms with Crippen molar-refractivity contribution in [1.82, 2.24) is 9.55 Å². The van der Waals surface area contributed by atoms with Gasteiger partial charge in [-0.15, -0.1) is 0 Å². The number of hydrogen-bond acceptors (Lipinski definition) is 6.